The summed E-state index contributed by atoms with van der Waals surface area (Å²) in [5, 5.41) is 0. The van der Waals surface area contributed by atoms with Crippen molar-refractivity contribution in [3.8, 4) is 11.5 Å². The lowest BCUT2D eigenvalue weighted by atomic mass is 10.1. The van der Waals surface area contributed by atoms with Crippen molar-refractivity contribution >= 4 is 11.0 Å². The largest absolute Gasteiger partial charge is 0.496 e. The molecule has 0 radical (unpaired) electrons. The minimum Gasteiger partial charge on any atom is -0.496 e. The van der Waals surface area contributed by atoms with E-state index in [0.29, 0.717) is 6.61 Å². The molecule has 0 amide bonds. The molecule has 28 heavy (non-hydrogen) atoms. The topological polar surface area (TPSA) is 36.3 Å². The second-order valence-corrected chi connectivity index (χ2v) is 6.73. The highest BCUT2D eigenvalue weighted by atomic mass is 16.5. The monoisotopic (exact) mass is 372 g/mol. The zero-order valence-corrected chi connectivity index (χ0v) is 16.0. The van der Waals surface area contributed by atoms with Crippen molar-refractivity contribution in [1.82, 2.24) is 9.55 Å². The summed E-state index contributed by atoms with van der Waals surface area (Å²) >= 11 is 0. The van der Waals surface area contributed by atoms with Gasteiger partial charge in [0.15, 0.2) is 0 Å². The maximum absolute atomic E-state index is 5.90. The molecule has 0 unspecified atom stereocenters. The Kier molecular flexibility index (Phi) is 5.57. The van der Waals surface area contributed by atoms with Gasteiger partial charge in [-0.3, -0.25) is 0 Å². The Labute approximate surface area is 165 Å². The number of imidazole rings is 1. The van der Waals surface area contributed by atoms with E-state index in [1.54, 1.807) is 7.11 Å². The van der Waals surface area contributed by atoms with E-state index in [1.165, 1.54) is 11.1 Å². The summed E-state index contributed by atoms with van der Waals surface area (Å²) < 4.78 is 13.5. The molecule has 1 heterocycles. The molecule has 4 nitrogen and oxygen atoms in total. The number of hydrogen-bond acceptors (Lipinski definition) is 3. The third kappa shape index (κ3) is 4.17. The number of aryl methyl sites for hydroxylation is 2. The normalized spacial score (nSPS) is 10.9. The molecular formula is C24H24N2O2. The Morgan fingerprint density at radius 1 is 0.857 bits per heavy atom. The second-order valence-electron chi connectivity index (χ2n) is 6.73. The Bertz CT molecular complexity index is 1040. The van der Waals surface area contributed by atoms with Gasteiger partial charge in [-0.05, 0) is 47.9 Å². The van der Waals surface area contributed by atoms with Crippen molar-refractivity contribution in [3.63, 3.8) is 0 Å². The molecule has 0 atom stereocenters. The van der Waals surface area contributed by atoms with Crippen LogP contribution in [0.4, 0.5) is 0 Å². The Balaban J connectivity index is 1.30. The van der Waals surface area contributed by atoms with Crippen LogP contribution in [0.2, 0.25) is 0 Å². The Hall–Kier alpha value is -3.27. The molecule has 0 N–H and O–H groups in total. The zero-order valence-electron chi connectivity index (χ0n) is 16.0. The summed E-state index contributed by atoms with van der Waals surface area (Å²) in [4.78, 5) is 4.45. The average Bonchev–Trinajstić information content (AvgIpc) is 3.17. The molecule has 0 aliphatic carbocycles. The van der Waals surface area contributed by atoms with Crippen LogP contribution in [0.5, 0.6) is 11.5 Å². The first-order valence-corrected chi connectivity index (χ1v) is 9.57. The van der Waals surface area contributed by atoms with Crippen LogP contribution in [0.15, 0.2) is 79.1 Å². The predicted molar refractivity (Wildman–Crippen MR) is 112 cm³/mol. The quantitative estimate of drug-likeness (QED) is 0.441. The fraction of sp³-hybridized carbons (Fsp3) is 0.208. The van der Waals surface area contributed by atoms with Gasteiger partial charge in [0, 0.05) is 13.0 Å². The molecule has 0 saturated carbocycles. The van der Waals surface area contributed by atoms with E-state index >= 15 is 0 Å². The lowest BCUT2D eigenvalue weighted by Gasteiger charge is -2.10. The lowest BCUT2D eigenvalue weighted by molar-refractivity contribution is 0.318. The fourth-order valence-corrected chi connectivity index (χ4v) is 3.38. The molecule has 0 aliphatic rings. The summed E-state index contributed by atoms with van der Waals surface area (Å²) in [5.74, 6) is 1.81. The minimum atomic E-state index is 0.626. The number of nitrogens with zero attached hydrogens (tertiary/aromatic N) is 2. The van der Waals surface area contributed by atoms with E-state index < -0.39 is 0 Å². The Morgan fingerprint density at radius 3 is 2.50 bits per heavy atom. The first-order valence-electron chi connectivity index (χ1n) is 9.57. The van der Waals surface area contributed by atoms with Gasteiger partial charge in [-0.1, -0.05) is 42.5 Å². The SMILES string of the molecule is COc1ccccc1CCOc1ccc(CCn2cnc3ccccc32)cc1. The first kappa shape index (κ1) is 18.1. The minimum absolute atomic E-state index is 0.626. The molecule has 0 spiro atoms. The van der Waals surface area contributed by atoms with Gasteiger partial charge in [-0.25, -0.2) is 4.98 Å². The summed E-state index contributed by atoms with van der Waals surface area (Å²) in [6.45, 7) is 1.54. The molecule has 0 saturated heterocycles. The third-order valence-electron chi connectivity index (χ3n) is 4.92. The molecule has 1 aromatic heterocycles. The number of aromatic nitrogens is 2. The first-order chi connectivity index (χ1) is 13.8. The molecule has 3 aromatic carbocycles. The number of rotatable bonds is 8. The highest BCUT2D eigenvalue weighted by molar-refractivity contribution is 5.74. The molecule has 4 rings (SSSR count). The number of hydrogen-bond donors (Lipinski definition) is 0. The van der Waals surface area contributed by atoms with Crippen LogP contribution in [0.1, 0.15) is 11.1 Å². The van der Waals surface area contributed by atoms with Crippen LogP contribution < -0.4 is 9.47 Å². The van der Waals surface area contributed by atoms with Gasteiger partial charge in [0.1, 0.15) is 11.5 Å². The third-order valence-corrected chi connectivity index (χ3v) is 4.92. The average molecular weight is 372 g/mol. The van der Waals surface area contributed by atoms with Gasteiger partial charge in [-0.2, -0.15) is 0 Å². The van der Waals surface area contributed by atoms with Crippen molar-refractivity contribution < 1.29 is 9.47 Å². The van der Waals surface area contributed by atoms with Gasteiger partial charge in [0.05, 0.1) is 31.1 Å². The van der Waals surface area contributed by atoms with Crippen LogP contribution in [0.3, 0.4) is 0 Å². The summed E-state index contributed by atoms with van der Waals surface area (Å²) in [6, 6.07) is 24.7. The van der Waals surface area contributed by atoms with Crippen molar-refractivity contribution in [2.24, 2.45) is 0 Å². The molecule has 4 heteroatoms. The highest BCUT2D eigenvalue weighted by Gasteiger charge is 2.04. The second kappa shape index (κ2) is 8.61. The number of benzene rings is 3. The molecule has 4 aromatic rings. The van der Waals surface area contributed by atoms with Crippen LogP contribution in [0, 0.1) is 0 Å². The Morgan fingerprint density at radius 2 is 1.64 bits per heavy atom. The molecule has 0 fully saturated rings. The summed E-state index contributed by atoms with van der Waals surface area (Å²) in [6.07, 6.45) is 3.70. The summed E-state index contributed by atoms with van der Waals surface area (Å²) in [7, 11) is 1.70. The van der Waals surface area contributed by atoms with Crippen LogP contribution in [-0.2, 0) is 19.4 Å². The lowest BCUT2D eigenvalue weighted by Crippen LogP contribution is -2.03. The molecule has 0 bridgehead atoms. The van der Waals surface area contributed by atoms with E-state index in [2.05, 4.69) is 39.9 Å². The van der Waals surface area contributed by atoms with Crippen LogP contribution in [0.25, 0.3) is 11.0 Å². The number of fused-ring (bicyclic) bond motifs is 1. The maximum atomic E-state index is 5.90. The molecular weight excluding hydrogens is 348 g/mol. The van der Waals surface area contributed by atoms with E-state index in [0.717, 1.165) is 42.0 Å². The van der Waals surface area contributed by atoms with Crippen LogP contribution in [-0.4, -0.2) is 23.3 Å². The smallest absolute Gasteiger partial charge is 0.122 e. The predicted octanol–water partition coefficient (Wildman–Crippen LogP) is 4.91. The highest BCUT2D eigenvalue weighted by Crippen LogP contribution is 2.19. The molecule has 142 valence electrons. The van der Waals surface area contributed by atoms with Crippen molar-refractivity contribution in [3.05, 3.63) is 90.3 Å². The number of para-hydroxylation sites is 3. The van der Waals surface area contributed by atoms with E-state index in [1.807, 2.05) is 48.8 Å². The van der Waals surface area contributed by atoms with Crippen LogP contribution >= 0.6 is 0 Å². The fourth-order valence-electron chi connectivity index (χ4n) is 3.38. The van der Waals surface area contributed by atoms with Gasteiger partial charge in [-0.15, -0.1) is 0 Å². The van der Waals surface area contributed by atoms with E-state index in [-0.39, 0.29) is 0 Å². The number of methoxy groups -OCH3 is 1. The zero-order chi connectivity index (χ0) is 19.2. The standard InChI is InChI=1S/C24H24N2O2/c1-27-24-9-5-2-6-20(24)15-17-28-21-12-10-19(11-13-21)14-16-26-18-25-22-7-3-4-8-23(22)26/h2-13,18H,14-17H2,1H3. The van der Waals surface area contributed by atoms with Crippen molar-refractivity contribution in [2.75, 3.05) is 13.7 Å². The van der Waals surface area contributed by atoms with Gasteiger partial charge in [0.25, 0.3) is 0 Å². The number of ether oxygens (including phenoxy) is 2. The maximum Gasteiger partial charge on any atom is 0.122 e. The molecule has 0 aliphatic heterocycles. The van der Waals surface area contributed by atoms with Gasteiger partial charge >= 0.3 is 0 Å². The van der Waals surface area contributed by atoms with Gasteiger partial charge in [0.2, 0.25) is 0 Å². The summed E-state index contributed by atoms with van der Waals surface area (Å²) in [5.41, 5.74) is 4.67. The van der Waals surface area contributed by atoms with Gasteiger partial charge < -0.3 is 14.0 Å². The van der Waals surface area contributed by atoms with Crippen molar-refractivity contribution in [1.29, 1.82) is 0 Å². The van der Waals surface area contributed by atoms with E-state index in [9.17, 15) is 0 Å². The van der Waals surface area contributed by atoms with Crippen molar-refractivity contribution in [2.45, 2.75) is 19.4 Å². The van der Waals surface area contributed by atoms with E-state index in [4.69, 9.17) is 9.47 Å².